The summed E-state index contributed by atoms with van der Waals surface area (Å²) in [5.41, 5.74) is 0.896. The van der Waals surface area contributed by atoms with Crippen molar-refractivity contribution in [2.24, 2.45) is 5.92 Å². The summed E-state index contributed by atoms with van der Waals surface area (Å²) in [6, 6.07) is 3.73. The lowest BCUT2D eigenvalue weighted by molar-refractivity contribution is -0.130. The average Bonchev–Trinajstić information content (AvgIpc) is 3.15. The number of likely N-dealkylation sites (tertiary alicyclic amines) is 1. The molecule has 0 saturated carbocycles. The lowest BCUT2D eigenvalue weighted by atomic mass is 9.88. The van der Waals surface area contributed by atoms with Gasteiger partial charge in [0.2, 0.25) is 17.6 Å². The summed E-state index contributed by atoms with van der Waals surface area (Å²) in [4.78, 5) is 26.8. The van der Waals surface area contributed by atoms with Crippen LogP contribution in [0.25, 0.3) is 0 Å². The van der Waals surface area contributed by atoms with Crippen molar-refractivity contribution in [1.29, 1.82) is 0 Å². The maximum Gasteiger partial charge on any atom is 0.225 e. The van der Waals surface area contributed by atoms with E-state index in [1.54, 1.807) is 26.2 Å². The fourth-order valence-corrected chi connectivity index (χ4v) is 3.53. The molecular weight excluding hydrogens is 348 g/mol. The molecule has 1 aliphatic rings. The van der Waals surface area contributed by atoms with E-state index in [-0.39, 0.29) is 23.7 Å². The first-order valence-electron chi connectivity index (χ1n) is 9.35. The van der Waals surface area contributed by atoms with Gasteiger partial charge >= 0.3 is 0 Å². The quantitative estimate of drug-likeness (QED) is 0.750. The van der Waals surface area contributed by atoms with Gasteiger partial charge in [-0.15, -0.1) is 0 Å². The van der Waals surface area contributed by atoms with Gasteiger partial charge in [0.15, 0.2) is 11.5 Å². The second-order valence-corrected chi connectivity index (χ2v) is 6.61. The van der Waals surface area contributed by atoms with Gasteiger partial charge in [-0.05, 0) is 24.1 Å². The van der Waals surface area contributed by atoms with Crippen molar-refractivity contribution in [2.45, 2.75) is 32.6 Å². The van der Waals surface area contributed by atoms with Crippen LogP contribution in [-0.2, 0) is 9.59 Å². The molecule has 2 atom stereocenters. The smallest absolute Gasteiger partial charge is 0.225 e. The molecule has 2 amide bonds. The van der Waals surface area contributed by atoms with Crippen molar-refractivity contribution in [3.05, 3.63) is 17.7 Å². The van der Waals surface area contributed by atoms with Crippen LogP contribution in [0, 0.1) is 5.92 Å². The molecule has 150 valence electrons. The van der Waals surface area contributed by atoms with Crippen molar-refractivity contribution in [1.82, 2.24) is 10.2 Å². The van der Waals surface area contributed by atoms with Crippen LogP contribution in [-0.4, -0.2) is 57.7 Å². The molecule has 2 rings (SSSR count). The van der Waals surface area contributed by atoms with E-state index in [0.29, 0.717) is 43.3 Å². The van der Waals surface area contributed by atoms with Crippen LogP contribution >= 0.6 is 0 Å². The first-order valence-corrected chi connectivity index (χ1v) is 9.35. The van der Waals surface area contributed by atoms with Gasteiger partial charge in [0.1, 0.15) is 0 Å². The Morgan fingerprint density at radius 1 is 1.07 bits per heavy atom. The van der Waals surface area contributed by atoms with E-state index < -0.39 is 0 Å². The second kappa shape index (κ2) is 9.48. The van der Waals surface area contributed by atoms with Crippen molar-refractivity contribution in [3.63, 3.8) is 0 Å². The zero-order chi connectivity index (χ0) is 20.0. The highest BCUT2D eigenvalue weighted by atomic mass is 16.5. The Morgan fingerprint density at radius 3 is 2.19 bits per heavy atom. The van der Waals surface area contributed by atoms with E-state index in [2.05, 4.69) is 5.32 Å². The number of nitrogens with zero attached hydrogens (tertiary/aromatic N) is 1. The van der Waals surface area contributed by atoms with Crippen LogP contribution in [0.3, 0.4) is 0 Å². The Hall–Kier alpha value is -2.44. The molecular formula is C20H30N2O5. The van der Waals surface area contributed by atoms with E-state index >= 15 is 0 Å². The molecule has 7 nitrogen and oxygen atoms in total. The van der Waals surface area contributed by atoms with Crippen LogP contribution in [0.1, 0.15) is 38.2 Å². The minimum Gasteiger partial charge on any atom is -0.493 e. The van der Waals surface area contributed by atoms with Gasteiger partial charge in [0.25, 0.3) is 0 Å². The monoisotopic (exact) mass is 378 g/mol. The van der Waals surface area contributed by atoms with Gasteiger partial charge in [-0.3, -0.25) is 9.59 Å². The third-order valence-electron chi connectivity index (χ3n) is 4.98. The zero-order valence-corrected chi connectivity index (χ0v) is 16.8. The third kappa shape index (κ3) is 4.46. The minimum absolute atomic E-state index is 0.0259. The summed E-state index contributed by atoms with van der Waals surface area (Å²) in [5.74, 6) is 1.18. The first-order chi connectivity index (χ1) is 13.0. The number of nitrogens with one attached hydrogen (secondary N) is 1. The van der Waals surface area contributed by atoms with Crippen molar-refractivity contribution < 1.29 is 23.8 Å². The summed E-state index contributed by atoms with van der Waals surface area (Å²) in [6.07, 6.45) is 1.29. The number of methoxy groups -OCH3 is 3. The van der Waals surface area contributed by atoms with Crippen molar-refractivity contribution in [2.75, 3.05) is 41.0 Å². The van der Waals surface area contributed by atoms with Gasteiger partial charge in [-0.2, -0.15) is 0 Å². The number of hydrogen-bond donors (Lipinski definition) is 1. The Kier molecular flexibility index (Phi) is 7.33. The maximum absolute atomic E-state index is 12.7. The normalized spacial score (nSPS) is 18.9. The highest BCUT2D eigenvalue weighted by molar-refractivity contribution is 5.83. The van der Waals surface area contributed by atoms with Crippen LogP contribution < -0.4 is 19.5 Å². The van der Waals surface area contributed by atoms with E-state index in [1.807, 2.05) is 26.0 Å². The summed E-state index contributed by atoms with van der Waals surface area (Å²) in [6.45, 7) is 5.39. The highest BCUT2D eigenvalue weighted by Gasteiger charge is 2.40. The fraction of sp³-hybridized carbons (Fsp3) is 0.600. The molecule has 0 radical (unpaired) electrons. The fourth-order valence-electron chi connectivity index (χ4n) is 3.53. The lowest BCUT2D eigenvalue weighted by Gasteiger charge is -2.21. The predicted molar refractivity (Wildman–Crippen MR) is 103 cm³/mol. The predicted octanol–water partition coefficient (Wildman–Crippen LogP) is 2.19. The van der Waals surface area contributed by atoms with Crippen molar-refractivity contribution in [3.8, 4) is 17.2 Å². The van der Waals surface area contributed by atoms with Crippen molar-refractivity contribution >= 4 is 11.8 Å². The summed E-state index contributed by atoms with van der Waals surface area (Å²) >= 11 is 0. The lowest BCUT2D eigenvalue weighted by Crippen LogP contribution is -2.35. The topological polar surface area (TPSA) is 77.1 Å². The maximum atomic E-state index is 12.7. The van der Waals surface area contributed by atoms with Gasteiger partial charge in [-0.25, -0.2) is 0 Å². The molecule has 1 aromatic carbocycles. The van der Waals surface area contributed by atoms with Crippen LogP contribution in [0.2, 0.25) is 0 Å². The van der Waals surface area contributed by atoms with Crippen LogP contribution in [0.5, 0.6) is 17.2 Å². The average molecular weight is 378 g/mol. The Morgan fingerprint density at radius 2 is 1.70 bits per heavy atom. The van der Waals surface area contributed by atoms with Crippen LogP contribution in [0.4, 0.5) is 0 Å². The molecule has 1 aromatic rings. The summed E-state index contributed by atoms with van der Waals surface area (Å²) in [5, 5.41) is 2.97. The molecule has 1 N–H and O–H groups in total. The third-order valence-corrected chi connectivity index (χ3v) is 4.98. The molecule has 27 heavy (non-hydrogen) atoms. The van der Waals surface area contributed by atoms with Gasteiger partial charge < -0.3 is 24.4 Å². The highest BCUT2D eigenvalue weighted by Crippen LogP contribution is 2.43. The Balaban J connectivity index is 2.41. The van der Waals surface area contributed by atoms with Gasteiger partial charge in [0, 0.05) is 32.0 Å². The first kappa shape index (κ1) is 20.9. The SMILES string of the molecule is CCCNC(=O)[C@@H]1CN(C(=O)CC)C[C@@H]1c1cc(OC)c(OC)c(OC)c1. The summed E-state index contributed by atoms with van der Waals surface area (Å²) in [7, 11) is 4.68. The molecule has 1 aliphatic heterocycles. The Labute approximate surface area is 161 Å². The van der Waals surface area contributed by atoms with E-state index in [4.69, 9.17) is 14.2 Å². The minimum atomic E-state index is -0.310. The summed E-state index contributed by atoms with van der Waals surface area (Å²) < 4.78 is 16.3. The molecule has 1 fully saturated rings. The molecule has 0 bridgehead atoms. The molecule has 0 aromatic heterocycles. The molecule has 0 unspecified atom stereocenters. The zero-order valence-electron chi connectivity index (χ0n) is 16.8. The number of carbonyl (C=O) groups is 2. The van der Waals surface area contributed by atoms with E-state index in [0.717, 1.165) is 12.0 Å². The molecule has 0 aliphatic carbocycles. The molecule has 0 spiro atoms. The molecule has 1 heterocycles. The Bertz CT molecular complexity index is 651. The van der Waals surface area contributed by atoms with Gasteiger partial charge in [0.05, 0.1) is 27.2 Å². The number of benzene rings is 1. The number of carbonyl (C=O) groups excluding carboxylic acids is 2. The van der Waals surface area contributed by atoms with E-state index in [1.165, 1.54) is 0 Å². The largest absolute Gasteiger partial charge is 0.493 e. The molecule has 1 saturated heterocycles. The molecule has 7 heteroatoms. The van der Waals surface area contributed by atoms with Crippen LogP contribution in [0.15, 0.2) is 12.1 Å². The number of amides is 2. The number of rotatable bonds is 8. The second-order valence-electron chi connectivity index (χ2n) is 6.61. The standard InChI is InChI=1S/C20H30N2O5/c1-6-8-21-20(24)15-12-22(18(23)7-2)11-14(15)13-9-16(25-3)19(27-5)17(10-13)26-4/h9-10,14-15H,6-8,11-12H2,1-5H3,(H,21,24)/t14-,15-/m1/s1. The van der Waals surface area contributed by atoms with E-state index in [9.17, 15) is 9.59 Å². The number of ether oxygens (including phenoxy) is 3. The van der Waals surface area contributed by atoms with Gasteiger partial charge in [-0.1, -0.05) is 13.8 Å². The number of hydrogen-bond acceptors (Lipinski definition) is 5.